The van der Waals surface area contributed by atoms with Crippen molar-refractivity contribution in [3.63, 3.8) is 0 Å². The summed E-state index contributed by atoms with van der Waals surface area (Å²) in [5, 5.41) is 0. The number of nitrogens with zero attached hydrogens (tertiary/aromatic N) is 4. The first-order valence-corrected chi connectivity index (χ1v) is 21.3. The lowest BCUT2D eigenvalue weighted by molar-refractivity contribution is -0.121. The molecule has 0 bridgehead atoms. The van der Waals surface area contributed by atoms with E-state index >= 15 is 0 Å². The van der Waals surface area contributed by atoms with Gasteiger partial charge in [-0.1, -0.05) is 38.1 Å². The zero-order valence-electron chi connectivity index (χ0n) is 36.2. The maximum absolute atomic E-state index is 12.6. The smallest absolute Gasteiger partial charge is 0.261 e. The fourth-order valence-electron chi connectivity index (χ4n) is 8.50. The van der Waals surface area contributed by atoms with Crippen molar-refractivity contribution in [2.75, 3.05) is 33.1 Å². The van der Waals surface area contributed by atoms with Crippen LogP contribution in [0.15, 0.2) is 157 Å². The van der Waals surface area contributed by atoms with E-state index in [4.69, 9.17) is 18.9 Å². The first kappa shape index (κ1) is 40.9. The summed E-state index contributed by atoms with van der Waals surface area (Å²) in [6.45, 7) is 9.50. The Morgan fingerprint density at radius 3 is 1.14 bits per heavy atom. The average molecular weight is 865 g/mol. The number of hydrogen-bond donors (Lipinski definition) is 0. The van der Waals surface area contributed by atoms with Crippen molar-refractivity contribution in [3.05, 3.63) is 179 Å². The molecule has 0 N–H and O–H groups in total. The van der Waals surface area contributed by atoms with Gasteiger partial charge in [-0.05, 0) is 134 Å². The van der Waals surface area contributed by atoms with Crippen molar-refractivity contribution in [1.82, 2.24) is 0 Å². The van der Waals surface area contributed by atoms with E-state index in [9.17, 15) is 19.2 Å². The standard InChI is InChI=1S/C53H44N4O8/c1-33-25-49(58)56(51(33)60)41-13-23-47-35(27-41)29-54(31-62-47)39-9-19-45(20-10-39)64-43-15-5-37(6-16-43)53(3,4)38-7-17-44(18-8-38)65-46-21-11-40(12-22-46)55-30-36-28-42(14-24-48(36)63-32-55)57-50(59)26-34(2)52(57)61/h5-28H,29-32H2,1-4H3. The number of ether oxygens (including phenoxy) is 4. The minimum atomic E-state index is -0.337. The number of hydrogen-bond acceptors (Lipinski definition) is 10. The molecule has 0 aromatic heterocycles. The quantitative estimate of drug-likeness (QED) is 0.123. The summed E-state index contributed by atoms with van der Waals surface area (Å²) in [7, 11) is 0. The van der Waals surface area contributed by atoms with Gasteiger partial charge >= 0.3 is 0 Å². The van der Waals surface area contributed by atoms with Gasteiger partial charge in [0, 0.05) is 64.3 Å². The fraction of sp³-hybridized carbons (Fsp3) is 0.170. The van der Waals surface area contributed by atoms with Crippen LogP contribution in [0.25, 0.3) is 0 Å². The SMILES string of the molecule is CC1=CC(=O)N(c2ccc3c(c2)CN(c2ccc(Oc4ccc(C(C)(C)c5ccc(Oc6ccc(N7COc8ccc(N9C(=O)C=C(C)C9=O)cc8C7)cc6)cc5)cc4)cc2)CO3)C1=O. The molecule has 0 spiro atoms. The van der Waals surface area contributed by atoms with Gasteiger partial charge in [-0.2, -0.15) is 0 Å². The molecule has 0 atom stereocenters. The number of fused-ring (bicyclic) bond motifs is 2. The Morgan fingerprint density at radius 1 is 0.462 bits per heavy atom. The summed E-state index contributed by atoms with van der Waals surface area (Å²) in [5.74, 6) is 3.01. The van der Waals surface area contributed by atoms with Gasteiger partial charge in [-0.3, -0.25) is 19.2 Å². The first-order chi connectivity index (χ1) is 31.4. The predicted octanol–water partition coefficient (Wildman–Crippen LogP) is 9.95. The first-order valence-electron chi connectivity index (χ1n) is 21.3. The maximum atomic E-state index is 12.6. The molecule has 324 valence electrons. The van der Waals surface area contributed by atoms with E-state index < -0.39 is 0 Å². The molecular weight excluding hydrogens is 821 g/mol. The van der Waals surface area contributed by atoms with Gasteiger partial charge in [0.05, 0.1) is 11.4 Å². The molecule has 4 aliphatic rings. The molecule has 65 heavy (non-hydrogen) atoms. The third-order valence-electron chi connectivity index (χ3n) is 12.3. The van der Waals surface area contributed by atoms with E-state index in [0.717, 1.165) is 56.6 Å². The molecule has 6 aromatic carbocycles. The maximum Gasteiger partial charge on any atom is 0.261 e. The van der Waals surface area contributed by atoms with Crippen LogP contribution in [0.2, 0.25) is 0 Å². The van der Waals surface area contributed by atoms with E-state index in [2.05, 4.69) is 47.9 Å². The molecule has 12 nitrogen and oxygen atoms in total. The minimum Gasteiger partial charge on any atom is -0.473 e. The highest BCUT2D eigenvalue weighted by atomic mass is 16.5. The predicted molar refractivity (Wildman–Crippen MR) is 247 cm³/mol. The Bertz CT molecular complexity index is 2760. The number of carbonyl (C=O) groups is 4. The highest BCUT2D eigenvalue weighted by molar-refractivity contribution is 6.31. The molecule has 0 saturated carbocycles. The lowest BCUT2D eigenvalue weighted by atomic mass is 9.78. The van der Waals surface area contributed by atoms with Gasteiger partial charge < -0.3 is 28.7 Å². The summed E-state index contributed by atoms with van der Waals surface area (Å²) >= 11 is 0. The van der Waals surface area contributed by atoms with Crippen LogP contribution in [0, 0.1) is 0 Å². The Labute approximate surface area is 376 Å². The van der Waals surface area contributed by atoms with Gasteiger partial charge in [0.2, 0.25) is 0 Å². The third-order valence-corrected chi connectivity index (χ3v) is 12.3. The monoisotopic (exact) mass is 864 g/mol. The van der Waals surface area contributed by atoms with Gasteiger partial charge in [0.15, 0.2) is 13.5 Å². The van der Waals surface area contributed by atoms with Crippen molar-refractivity contribution >= 4 is 46.4 Å². The fourth-order valence-corrected chi connectivity index (χ4v) is 8.50. The van der Waals surface area contributed by atoms with E-state index in [-0.39, 0.29) is 29.0 Å². The van der Waals surface area contributed by atoms with E-state index in [0.29, 0.717) is 60.6 Å². The van der Waals surface area contributed by atoms with Crippen LogP contribution in [0.4, 0.5) is 22.7 Å². The molecule has 12 heteroatoms. The summed E-state index contributed by atoms with van der Waals surface area (Å²) in [6.07, 6.45) is 2.72. The summed E-state index contributed by atoms with van der Waals surface area (Å²) in [4.78, 5) is 56.6. The topological polar surface area (TPSA) is 118 Å². The summed E-state index contributed by atoms with van der Waals surface area (Å²) < 4.78 is 24.5. The molecule has 0 aliphatic carbocycles. The largest absolute Gasteiger partial charge is 0.473 e. The van der Waals surface area contributed by atoms with E-state index in [1.165, 1.54) is 22.0 Å². The Hall–Kier alpha value is -8.12. The lowest BCUT2D eigenvalue weighted by Gasteiger charge is -2.31. The number of rotatable bonds is 10. The zero-order valence-corrected chi connectivity index (χ0v) is 36.2. The van der Waals surface area contributed by atoms with Crippen LogP contribution in [-0.4, -0.2) is 37.1 Å². The van der Waals surface area contributed by atoms with Crippen LogP contribution in [-0.2, 0) is 37.7 Å². The number of benzene rings is 6. The molecule has 4 aliphatic heterocycles. The van der Waals surface area contributed by atoms with E-state index in [1.54, 1.807) is 26.0 Å². The summed E-state index contributed by atoms with van der Waals surface area (Å²) in [6, 6.07) is 42.7. The number of anilines is 4. The highest BCUT2D eigenvalue weighted by Gasteiger charge is 2.33. The van der Waals surface area contributed by atoms with Gasteiger partial charge in [0.25, 0.3) is 23.6 Å². The molecule has 0 radical (unpaired) electrons. The number of amides is 4. The lowest BCUT2D eigenvalue weighted by Crippen LogP contribution is -2.33. The van der Waals surface area contributed by atoms with Crippen LogP contribution in [0.1, 0.15) is 49.9 Å². The molecule has 6 aromatic rings. The van der Waals surface area contributed by atoms with Gasteiger partial charge in [-0.25, -0.2) is 9.80 Å². The van der Waals surface area contributed by atoms with Crippen molar-refractivity contribution in [3.8, 4) is 34.5 Å². The second-order valence-corrected chi connectivity index (χ2v) is 17.0. The van der Waals surface area contributed by atoms with Crippen molar-refractivity contribution in [1.29, 1.82) is 0 Å². The summed E-state index contributed by atoms with van der Waals surface area (Å²) in [5.41, 5.74) is 7.54. The molecule has 4 amide bonds. The Balaban J connectivity index is 0.733. The molecule has 0 saturated heterocycles. The Morgan fingerprint density at radius 2 is 0.800 bits per heavy atom. The second kappa shape index (κ2) is 16.2. The minimum absolute atomic E-state index is 0.295. The molecule has 10 rings (SSSR count). The van der Waals surface area contributed by atoms with Gasteiger partial charge in [0.1, 0.15) is 34.5 Å². The van der Waals surface area contributed by atoms with Crippen LogP contribution in [0.5, 0.6) is 34.5 Å². The van der Waals surface area contributed by atoms with Crippen LogP contribution >= 0.6 is 0 Å². The third kappa shape index (κ3) is 7.84. The molecule has 0 fully saturated rings. The molecule has 0 unspecified atom stereocenters. The Kier molecular flexibility index (Phi) is 10.2. The molecular formula is C53H44N4O8. The second-order valence-electron chi connectivity index (χ2n) is 17.0. The number of imide groups is 2. The van der Waals surface area contributed by atoms with Crippen LogP contribution in [0.3, 0.4) is 0 Å². The molecule has 4 heterocycles. The van der Waals surface area contributed by atoms with E-state index in [1.807, 2.05) is 97.1 Å². The average Bonchev–Trinajstić information content (AvgIpc) is 3.73. The van der Waals surface area contributed by atoms with Crippen molar-refractivity contribution in [2.45, 2.75) is 46.2 Å². The normalized spacial score (nSPS) is 15.9. The zero-order chi connectivity index (χ0) is 45.0. The van der Waals surface area contributed by atoms with Crippen molar-refractivity contribution in [2.24, 2.45) is 0 Å². The van der Waals surface area contributed by atoms with Crippen LogP contribution < -0.4 is 38.5 Å². The van der Waals surface area contributed by atoms with Crippen molar-refractivity contribution < 1.29 is 38.1 Å². The number of carbonyl (C=O) groups excluding carboxylic acids is 4. The van der Waals surface area contributed by atoms with Gasteiger partial charge in [-0.15, -0.1) is 0 Å². The highest BCUT2D eigenvalue weighted by Crippen LogP contribution is 2.38.